The van der Waals surface area contributed by atoms with Crippen molar-refractivity contribution in [3.8, 4) is 5.75 Å². The number of benzene rings is 2. The molecule has 1 aliphatic carbocycles. The van der Waals surface area contributed by atoms with Crippen molar-refractivity contribution in [1.82, 2.24) is 10.9 Å². The third-order valence-electron chi connectivity index (χ3n) is 4.50. The highest BCUT2D eigenvalue weighted by Crippen LogP contribution is 2.23. The minimum atomic E-state index is -0.483. The number of aryl methyl sites for hydroxylation is 2. The van der Waals surface area contributed by atoms with Crippen LogP contribution in [0.2, 0.25) is 5.02 Å². The summed E-state index contributed by atoms with van der Waals surface area (Å²) in [5, 5.41) is 0.413. The van der Waals surface area contributed by atoms with E-state index in [2.05, 4.69) is 23.0 Å². The molecule has 0 unspecified atom stereocenters. The number of nitrogens with one attached hydrogen (secondary N) is 2. The molecule has 2 aromatic rings. The molecule has 0 fully saturated rings. The van der Waals surface area contributed by atoms with Gasteiger partial charge in [-0.3, -0.25) is 20.4 Å². The van der Waals surface area contributed by atoms with Gasteiger partial charge in [-0.05, 0) is 60.6 Å². The second-order valence-electron chi connectivity index (χ2n) is 6.33. The topological polar surface area (TPSA) is 67.4 Å². The first-order valence-corrected chi connectivity index (χ1v) is 8.98. The summed E-state index contributed by atoms with van der Waals surface area (Å²) in [5.41, 5.74) is 8.75. The highest BCUT2D eigenvalue weighted by molar-refractivity contribution is 6.31. The van der Waals surface area contributed by atoms with Crippen molar-refractivity contribution in [3.63, 3.8) is 0 Å². The van der Waals surface area contributed by atoms with Gasteiger partial charge in [0.1, 0.15) is 5.75 Å². The van der Waals surface area contributed by atoms with E-state index in [1.54, 1.807) is 12.1 Å². The summed E-state index contributed by atoms with van der Waals surface area (Å²) in [4.78, 5) is 24.4. The van der Waals surface area contributed by atoms with E-state index in [0.29, 0.717) is 10.8 Å². The summed E-state index contributed by atoms with van der Waals surface area (Å²) in [7, 11) is 1.47. The Kier molecular flexibility index (Phi) is 5.78. The lowest BCUT2D eigenvalue weighted by molar-refractivity contribution is -0.121. The van der Waals surface area contributed by atoms with Crippen molar-refractivity contribution in [3.05, 3.63) is 63.7 Å². The van der Waals surface area contributed by atoms with E-state index in [1.165, 1.54) is 37.1 Å². The SMILES string of the molecule is COc1ccc(Cl)cc1C(=O)NNC(=O)Cc1ccc2c(c1)CCCC2. The van der Waals surface area contributed by atoms with Crippen LogP contribution in [-0.2, 0) is 24.1 Å². The van der Waals surface area contributed by atoms with E-state index in [-0.39, 0.29) is 17.9 Å². The molecule has 5 nitrogen and oxygen atoms in total. The molecule has 2 aromatic carbocycles. The molecule has 26 heavy (non-hydrogen) atoms. The Labute approximate surface area is 157 Å². The zero-order valence-electron chi connectivity index (χ0n) is 14.6. The van der Waals surface area contributed by atoms with E-state index in [4.69, 9.17) is 16.3 Å². The molecule has 1 aliphatic rings. The molecule has 0 spiro atoms. The van der Waals surface area contributed by atoms with E-state index >= 15 is 0 Å². The van der Waals surface area contributed by atoms with Crippen LogP contribution >= 0.6 is 11.6 Å². The first kappa shape index (κ1) is 18.3. The van der Waals surface area contributed by atoms with Gasteiger partial charge in [0.05, 0.1) is 19.1 Å². The predicted octanol–water partition coefficient (Wildman–Crippen LogP) is 3.23. The van der Waals surface area contributed by atoms with E-state index < -0.39 is 5.91 Å². The summed E-state index contributed by atoms with van der Waals surface area (Å²) in [5.74, 6) is -0.380. The minimum absolute atomic E-state index is 0.209. The fraction of sp³-hybridized carbons (Fsp3) is 0.300. The van der Waals surface area contributed by atoms with Crippen LogP contribution < -0.4 is 15.6 Å². The molecule has 0 saturated heterocycles. The Morgan fingerprint density at radius 3 is 2.58 bits per heavy atom. The van der Waals surface area contributed by atoms with E-state index in [0.717, 1.165) is 18.4 Å². The highest BCUT2D eigenvalue weighted by Gasteiger charge is 2.15. The molecule has 3 rings (SSSR count). The van der Waals surface area contributed by atoms with Gasteiger partial charge in [0.2, 0.25) is 5.91 Å². The molecule has 0 radical (unpaired) electrons. The summed E-state index contributed by atoms with van der Waals surface area (Å²) in [6.07, 6.45) is 4.81. The Bertz CT molecular complexity index is 836. The number of hydrogen-bond donors (Lipinski definition) is 2. The highest BCUT2D eigenvalue weighted by atomic mass is 35.5. The quantitative estimate of drug-likeness (QED) is 0.810. The van der Waals surface area contributed by atoms with Gasteiger partial charge in [0.25, 0.3) is 5.91 Å². The van der Waals surface area contributed by atoms with Crippen molar-refractivity contribution in [1.29, 1.82) is 0 Å². The first-order valence-electron chi connectivity index (χ1n) is 8.60. The molecule has 0 bridgehead atoms. The number of hydrogen-bond acceptors (Lipinski definition) is 3. The van der Waals surface area contributed by atoms with Crippen molar-refractivity contribution in [2.24, 2.45) is 0 Å². The molecule has 0 saturated carbocycles. The van der Waals surface area contributed by atoms with Crippen LogP contribution in [0.4, 0.5) is 0 Å². The summed E-state index contributed by atoms with van der Waals surface area (Å²) < 4.78 is 5.14. The van der Waals surface area contributed by atoms with Gasteiger partial charge in [-0.25, -0.2) is 0 Å². The summed E-state index contributed by atoms with van der Waals surface area (Å²) >= 11 is 5.92. The zero-order valence-corrected chi connectivity index (χ0v) is 15.4. The Morgan fingerprint density at radius 1 is 1.04 bits per heavy atom. The van der Waals surface area contributed by atoms with E-state index in [1.807, 2.05) is 6.07 Å². The van der Waals surface area contributed by atoms with Crippen molar-refractivity contribution < 1.29 is 14.3 Å². The first-order chi connectivity index (χ1) is 12.6. The maximum Gasteiger partial charge on any atom is 0.273 e. The van der Waals surface area contributed by atoms with Gasteiger partial charge in [0, 0.05) is 5.02 Å². The van der Waals surface area contributed by atoms with Gasteiger partial charge in [-0.15, -0.1) is 0 Å². The van der Waals surface area contributed by atoms with Crippen LogP contribution in [0.5, 0.6) is 5.75 Å². The number of amides is 2. The minimum Gasteiger partial charge on any atom is -0.496 e. The van der Waals surface area contributed by atoms with Crippen LogP contribution in [-0.4, -0.2) is 18.9 Å². The number of hydrazine groups is 1. The third-order valence-corrected chi connectivity index (χ3v) is 4.73. The van der Waals surface area contributed by atoms with Crippen molar-refractivity contribution in [2.75, 3.05) is 7.11 Å². The molecule has 6 heteroatoms. The lowest BCUT2D eigenvalue weighted by Crippen LogP contribution is -2.42. The largest absolute Gasteiger partial charge is 0.496 e. The molecule has 0 aliphatic heterocycles. The second-order valence-corrected chi connectivity index (χ2v) is 6.77. The predicted molar refractivity (Wildman–Crippen MR) is 100 cm³/mol. The molecule has 0 atom stereocenters. The fourth-order valence-corrected chi connectivity index (χ4v) is 3.35. The Hall–Kier alpha value is -2.53. The van der Waals surface area contributed by atoms with Gasteiger partial charge >= 0.3 is 0 Å². The Balaban J connectivity index is 1.59. The molecule has 2 N–H and O–H groups in total. The number of carbonyl (C=O) groups is 2. The molecule has 0 aromatic heterocycles. The van der Waals surface area contributed by atoms with Crippen LogP contribution in [0, 0.1) is 0 Å². The number of fused-ring (bicyclic) bond motifs is 1. The van der Waals surface area contributed by atoms with Crippen molar-refractivity contribution >= 4 is 23.4 Å². The molecule has 136 valence electrons. The summed E-state index contributed by atoms with van der Waals surface area (Å²) in [6.45, 7) is 0. The van der Waals surface area contributed by atoms with Gasteiger partial charge in [-0.1, -0.05) is 29.8 Å². The summed E-state index contributed by atoms with van der Waals surface area (Å²) in [6, 6.07) is 10.9. The average Bonchev–Trinajstić information content (AvgIpc) is 2.66. The van der Waals surface area contributed by atoms with Gasteiger partial charge < -0.3 is 4.74 Å². The third kappa shape index (κ3) is 4.35. The lowest BCUT2D eigenvalue weighted by Gasteiger charge is -2.16. The van der Waals surface area contributed by atoms with Gasteiger partial charge in [-0.2, -0.15) is 0 Å². The monoisotopic (exact) mass is 372 g/mol. The van der Waals surface area contributed by atoms with Crippen LogP contribution in [0.1, 0.15) is 39.9 Å². The van der Waals surface area contributed by atoms with E-state index in [9.17, 15) is 9.59 Å². The maximum absolute atomic E-state index is 12.3. The van der Waals surface area contributed by atoms with Crippen molar-refractivity contribution in [2.45, 2.75) is 32.1 Å². The standard InChI is InChI=1S/C20H21ClN2O3/c1-26-18-9-8-16(21)12-17(18)20(25)23-22-19(24)11-13-6-7-14-4-2-3-5-15(14)10-13/h6-10,12H,2-5,11H2,1H3,(H,22,24)(H,23,25). The van der Waals surface area contributed by atoms with Crippen LogP contribution in [0.25, 0.3) is 0 Å². The second kappa shape index (κ2) is 8.23. The number of halogens is 1. The fourth-order valence-electron chi connectivity index (χ4n) is 3.18. The van der Waals surface area contributed by atoms with Crippen LogP contribution in [0.3, 0.4) is 0 Å². The molecule has 0 heterocycles. The number of ether oxygens (including phenoxy) is 1. The number of carbonyl (C=O) groups excluding carboxylic acids is 2. The molecular formula is C20H21ClN2O3. The molecular weight excluding hydrogens is 352 g/mol. The maximum atomic E-state index is 12.3. The normalized spacial score (nSPS) is 12.8. The lowest BCUT2D eigenvalue weighted by atomic mass is 9.90. The number of methoxy groups -OCH3 is 1. The Morgan fingerprint density at radius 2 is 1.81 bits per heavy atom. The number of rotatable bonds is 4. The van der Waals surface area contributed by atoms with Gasteiger partial charge in [0.15, 0.2) is 0 Å². The molecule has 2 amide bonds. The smallest absolute Gasteiger partial charge is 0.273 e. The van der Waals surface area contributed by atoms with Crippen LogP contribution in [0.15, 0.2) is 36.4 Å². The average molecular weight is 373 g/mol. The zero-order chi connectivity index (χ0) is 18.5.